The first-order valence-electron chi connectivity index (χ1n) is 4.65. The largest absolute Gasteiger partial charge is 0.466 e. The summed E-state index contributed by atoms with van der Waals surface area (Å²) in [6, 6.07) is 0. The van der Waals surface area contributed by atoms with Crippen LogP contribution in [0.3, 0.4) is 0 Å². The van der Waals surface area contributed by atoms with Crippen molar-refractivity contribution in [2.45, 2.75) is 40.0 Å². The smallest absolute Gasteiger partial charge is 0.307 e. The molecule has 74 valence electrons. The van der Waals surface area contributed by atoms with Crippen LogP contribution in [0.15, 0.2) is 0 Å². The lowest BCUT2D eigenvalue weighted by Gasteiger charge is -2.15. The molecule has 0 radical (unpaired) electrons. The minimum absolute atomic E-state index is 0.198. The van der Waals surface area contributed by atoms with E-state index in [0.29, 0.717) is 13.0 Å². The Morgan fingerprint density at radius 3 is 2.62 bits per heavy atom. The number of terminal acetylenes is 1. The van der Waals surface area contributed by atoms with Gasteiger partial charge in [-0.15, -0.1) is 6.42 Å². The number of ether oxygens (including phenoxy) is 1. The Morgan fingerprint density at radius 2 is 2.15 bits per heavy atom. The average Bonchev–Trinajstić information content (AvgIpc) is 2.04. The Balaban J connectivity index is 3.70. The van der Waals surface area contributed by atoms with Crippen LogP contribution >= 0.6 is 0 Å². The molecule has 2 heteroatoms. The molecule has 0 fully saturated rings. The van der Waals surface area contributed by atoms with Gasteiger partial charge in [-0.25, -0.2) is 0 Å². The van der Waals surface area contributed by atoms with Crippen LogP contribution in [0.25, 0.3) is 0 Å². The van der Waals surface area contributed by atoms with E-state index in [4.69, 9.17) is 11.2 Å². The van der Waals surface area contributed by atoms with Gasteiger partial charge in [-0.2, -0.15) is 0 Å². The summed E-state index contributed by atoms with van der Waals surface area (Å²) in [5.41, 5.74) is -0.386. The van der Waals surface area contributed by atoms with Crippen molar-refractivity contribution < 1.29 is 9.53 Å². The Labute approximate surface area is 80.7 Å². The van der Waals surface area contributed by atoms with Crippen LogP contribution in [0.5, 0.6) is 0 Å². The zero-order valence-corrected chi connectivity index (χ0v) is 8.72. The average molecular weight is 182 g/mol. The van der Waals surface area contributed by atoms with Crippen molar-refractivity contribution in [1.82, 2.24) is 0 Å². The molecule has 0 saturated carbocycles. The first kappa shape index (κ1) is 12.0. The van der Waals surface area contributed by atoms with Gasteiger partial charge >= 0.3 is 5.97 Å². The Bertz CT molecular complexity index is 199. The molecule has 0 atom stereocenters. The van der Waals surface area contributed by atoms with E-state index in [2.05, 4.69) is 12.8 Å². The molecule has 0 aliphatic rings. The van der Waals surface area contributed by atoms with Gasteiger partial charge in [-0.1, -0.05) is 19.3 Å². The van der Waals surface area contributed by atoms with E-state index in [1.54, 1.807) is 0 Å². The predicted octanol–water partition coefficient (Wildman–Crippen LogP) is 2.38. The summed E-state index contributed by atoms with van der Waals surface area (Å²) in [7, 11) is 0. The monoisotopic (exact) mass is 182 g/mol. The minimum Gasteiger partial charge on any atom is -0.466 e. The molecule has 0 aromatic rings. The van der Waals surface area contributed by atoms with Gasteiger partial charge in [0.05, 0.1) is 13.0 Å². The molecular weight excluding hydrogens is 164 g/mol. The highest BCUT2D eigenvalue weighted by Gasteiger charge is 2.19. The third-order valence-electron chi connectivity index (χ3n) is 1.74. The SMILES string of the molecule is C#CC(C)(C)CC(=O)OCCCC. The molecule has 2 nitrogen and oxygen atoms in total. The van der Waals surface area contributed by atoms with Crippen LogP contribution in [0, 0.1) is 17.8 Å². The van der Waals surface area contributed by atoms with Gasteiger partial charge in [0.2, 0.25) is 0 Å². The van der Waals surface area contributed by atoms with Gasteiger partial charge in [0, 0.05) is 5.41 Å². The topological polar surface area (TPSA) is 26.3 Å². The molecule has 0 rings (SSSR count). The van der Waals surface area contributed by atoms with Crippen LogP contribution in [0.1, 0.15) is 40.0 Å². The molecule has 0 saturated heterocycles. The summed E-state index contributed by atoms with van der Waals surface area (Å²) in [6.45, 7) is 6.28. The van der Waals surface area contributed by atoms with Crippen molar-refractivity contribution in [2.24, 2.45) is 5.41 Å². The zero-order valence-electron chi connectivity index (χ0n) is 8.72. The van der Waals surface area contributed by atoms with Gasteiger partial charge < -0.3 is 4.74 Å². The molecule has 0 N–H and O–H groups in total. The molecule has 13 heavy (non-hydrogen) atoms. The van der Waals surface area contributed by atoms with E-state index in [9.17, 15) is 4.79 Å². The van der Waals surface area contributed by atoms with E-state index in [1.165, 1.54) is 0 Å². The minimum atomic E-state index is -0.386. The van der Waals surface area contributed by atoms with Crippen molar-refractivity contribution in [3.63, 3.8) is 0 Å². The van der Waals surface area contributed by atoms with Crippen molar-refractivity contribution in [1.29, 1.82) is 0 Å². The fourth-order valence-electron chi connectivity index (χ4n) is 0.793. The van der Waals surface area contributed by atoms with Gasteiger partial charge in [-0.05, 0) is 20.3 Å². The van der Waals surface area contributed by atoms with E-state index >= 15 is 0 Å². The van der Waals surface area contributed by atoms with Crippen molar-refractivity contribution in [2.75, 3.05) is 6.61 Å². The maximum absolute atomic E-state index is 11.2. The normalized spacial score (nSPS) is 10.6. The van der Waals surface area contributed by atoms with Gasteiger partial charge in [-0.3, -0.25) is 4.79 Å². The fourth-order valence-corrected chi connectivity index (χ4v) is 0.793. The highest BCUT2D eigenvalue weighted by molar-refractivity contribution is 5.70. The standard InChI is InChI=1S/C11H18O2/c1-5-7-8-13-10(12)9-11(3,4)6-2/h2H,5,7-9H2,1,3-4H3. The maximum Gasteiger partial charge on any atom is 0.307 e. The first-order valence-corrected chi connectivity index (χ1v) is 4.65. The van der Waals surface area contributed by atoms with E-state index in [-0.39, 0.29) is 11.4 Å². The molecular formula is C11H18O2. The van der Waals surface area contributed by atoms with Crippen LogP contribution in [-0.4, -0.2) is 12.6 Å². The van der Waals surface area contributed by atoms with Crippen LogP contribution in [0.4, 0.5) is 0 Å². The molecule has 0 aliphatic heterocycles. The van der Waals surface area contributed by atoms with Crippen molar-refractivity contribution in [3.8, 4) is 12.3 Å². The quantitative estimate of drug-likeness (QED) is 0.370. The number of hydrogen-bond donors (Lipinski definition) is 0. The van der Waals surface area contributed by atoms with E-state index in [1.807, 2.05) is 13.8 Å². The predicted molar refractivity (Wildman–Crippen MR) is 53.1 cm³/mol. The van der Waals surface area contributed by atoms with Crippen LogP contribution < -0.4 is 0 Å². The number of esters is 1. The lowest BCUT2D eigenvalue weighted by Crippen LogP contribution is -2.17. The molecule has 0 aromatic heterocycles. The van der Waals surface area contributed by atoms with E-state index in [0.717, 1.165) is 12.8 Å². The number of carbonyl (C=O) groups is 1. The van der Waals surface area contributed by atoms with Crippen LogP contribution in [-0.2, 0) is 9.53 Å². The Morgan fingerprint density at radius 1 is 1.54 bits per heavy atom. The first-order chi connectivity index (χ1) is 6.02. The van der Waals surface area contributed by atoms with Crippen molar-refractivity contribution in [3.05, 3.63) is 0 Å². The summed E-state index contributed by atoms with van der Waals surface area (Å²) in [6.07, 6.45) is 7.50. The Hall–Kier alpha value is -0.970. The van der Waals surface area contributed by atoms with Gasteiger partial charge in [0.15, 0.2) is 0 Å². The molecule has 0 aliphatic carbocycles. The molecule has 0 unspecified atom stereocenters. The Kier molecular flexibility index (Phi) is 5.22. The summed E-state index contributed by atoms with van der Waals surface area (Å²) >= 11 is 0. The third-order valence-corrected chi connectivity index (χ3v) is 1.74. The second-order valence-electron chi connectivity index (χ2n) is 3.78. The number of unbranched alkanes of at least 4 members (excludes halogenated alkanes) is 1. The van der Waals surface area contributed by atoms with E-state index < -0.39 is 0 Å². The molecule has 0 bridgehead atoms. The second kappa shape index (κ2) is 5.64. The molecule has 0 spiro atoms. The number of hydrogen-bond acceptors (Lipinski definition) is 2. The fraction of sp³-hybridized carbons (Fsp3) is 0.727. The van der Waals surface area contributed by atoms with Crippen molar-refractivity contribution >= 4 is 5.97 Å². The molecule has 0 heterocycles. The summed E-state index contributed by atoms with van der Waals surface area (Å²) in [5, 5.41) is 0. The van der Waals surface area contributed by atoms with Crippen LogP contribution in [0.2, 0.25) is 0 Å². The zero-order chi connectivity index (χ0) is 10.3. The lowest BCUT2D eigenvalue weighted by atomic mass is 9.91. The number of carbonyl (C=O) groups excluding carboxylic acids is 1. The summed E-state index contributed by atoms with van der Waals surface area (Å²) < 4.78 is 4.99. The lowest BCUT2D eigenvalue weighted by molar-refractivity contribution is -0.145. The van der Waals surface area contributed by atoms with Gasteiger partial charge in [0.25, 0.3) is 0 Å². The summed E-state index contributed by atoms with van der Waals surface area (Å²) in [4.78, 5) is 11.2. The second-order valence-corrected chi connectivity index (χ2v) is 3.78. The summed E-state index contributed by atoms with van der Waals surface area (Å²) in [5.74, 6) is 2.36. The third kappa shape index (κ3) is 6.21. The highest BCUT2D eigenvalue weighted by Crippen LogP contribution is 2.18. The van der Waals surface area contributed by atoms with Gasteiger partial charge in [0.1, 0.15) is 0 Å². The highest BCUT2D eigenvalue weighted by atomic mass is 16.5. The molecule has 0 aromatic carbocycles. The number of rotatable bonds is 5. The molecule has 0 amide bonds. The maximum atomic E-state index is 11.2.